The summed E-state index contributed by atoms with van der Waals surface area (Å²) < 4.78 is 0.590. The smallest absolute Gasteiger partial charge is 0.335 e. The number of carbonyl (C=O) groups is 1. The first-order valence-electron chi connectivity index (χ1n) is 2.81. The molecule has 58 valence electrons. The second-order valence-electron chi connectivity index (χ2n) is 1.95. The standard InChI is InChI=1S/C7H5BrO3/c8-4-1-2-5(7(10)11)6(9)3-4/h1-3,9H,(H,10,11)/p-1. The molecule has 0 unspecified atom stereocenters. The van der Waals surface area contributed by atoms with Crippen LogP contribution in [0.25, 0.3) is 0 Å². The molecule has 11 heavy (non-hydrogen) atoms. The summed E-state index contributed by atoms with van der Waals surface area (Å²) in [6.45, 7) is 0. The summed E-state index contributed by atoms with van der Waals surface area (Å²) in [5, 5.41) is 19.3. The normalized spacial score (nSPS) is 9.55. The third kappa shape index (κ3) is 1.71. The molecule has 1 aromatic carbocycles. The van der Waals surface area contributed by atoms with Crippen molar-refractivity contribution in [3.63, 3.8) is 0 Å². The Hall–Kier alpha value is -1.03. The minimum atomic E-state index is -1.19. The lowest BCUT2D eigenvalue weighted by Crippen LogP contribution is -2.02. The molecular weight excluding hydrogens is 212 g/mol. The monoisotopic (exact) mass is 215 g/mol. The Kier molecular flexibility index (Phi) is 2.14. The largest absolute Gasteiger partial charge is 0.872 e. The first-order chi connectivity index (χ1) is 5.11. The van der Waals surface area contributed by atoms with Gasteiger partial charge in [-0.3, -0.25) is 0 Å². The van der Waals surface area contributed by atoms with E-state index in [0.717, 1.165) is 0 Å². The van der Waals surface area contributed by atoms with Gasteiger partial charge in [-0.05, 0) is 12.1 Å². The van der Waals surface area contributed by atoms with E-state index in [1.807, 2.05) is 0 Å². The van der Waals surface area contributed by atoms with Gasteiger partial charge in [-0.1, -0.05) is 27.7 Å². The van der Waals surface area contributed by atoms with Gasteiger partial charge in [-0.2, -0.15) is 0 Å². The van der Waals surface area contributed by atoms with Crippen molar-refractivity contribution in [2.45, 2.75) is 0 Å². The van der Waals surface area contributed by atoms with E-state index in [2.05, 4.69) is 15.9 Å². The van der Waals surface area contributed by atoms with Crippen molar-refractivity contribution in [2.75, 3.05) is 0 Å². The number of carboxylic acids is 1. The van der Waals surface area contributed by atoms with Crippen molar-refractivity contribution in [3.05, 3.63) is 28.2 Å². The number of hydrogen-bond acceptors (Lipinski definition) is 2. The van der Waals surface area contributed by atoms with Crippen LogP contribution >= 0.6 is 15.9 Å². The van der Waals surface area contributed by atoms with Gasteiger partial charge in [0.25, 0.3) is 0 Å². The Balaban J connectivity index is 3.20. The number of benzene rings is 1. The highest BCUT2D eigenvalue weighted by Gasteiger charge is 2.02. The molecular formula is C7H4BrO3-. The molecule has 0 saturated carbocycles. The van der Waals surface area contributed by atoms with Gasteiger partial charge in [-0.15, -0.1) is 0 Å². The van der Waals surface area contributed by atoms with Crippen LogP contribution in [0.3, 0.4) is 0 Å². The predicted molar refractivity (Wildman–Crippen MR) is 40.5 cm³/mol. The fraction of sp³-hybridized carbons (Fsp3) is 0. The molecule has 0 atom stereocenters. The third-order valence-electron chi connectivity index (χ3n) is 1.17. The number of rotatable bonds is 1. The summed E-state index contributed by atoms with van der Waals surface area (Å²) >= 11 is 3.05. The highest BCUT2D eigenvalue weighted by Crippen LogP contribution is 2.19. The maximum absolute atomic E-state index is 10.9. The van der Waals surface area contributed by atoms with Crippen molar-refractivity contribution in [1.29, 1.82) is 0 Å². The molecule has 0 amide bonds. The average Bonchev–Trinajstić information content (AvgIpc) is 1.85. The Morgan fingerprint density at radius 3 is 2.64 bits per heavy atom. The lowest BCUT2D eigenvalue weighted by atomic mass is 10.2. The van der Waals surface area contributed by atoms with Crippen LogP contribution < -0.4 is 5.11 Å². The van der Waals surface area contributed by atoms with E-state index in [-0.39, 0.29) is 5.56 Å². The Morgan fingerprint density at radius 2 is 2.18 bits per heavy atom. The van der Waals surface area contributed by atoms with Gasteiger partial charge in [0.05, 0.1) is 5.56 Å². The molecule has 0 fully saturated rings. The molecule has 0 aromatic heterocycles. The summed E-state index contributed by atoms with van der Waals surface area (Å²) in [6.07, 6.45) is 0. The Morgan fingerprint density at radius 1 is 1.55 bits per heavy atom. The first kappa shape index (κ1) is 8.07. The van der Waals surface area contributed by atoms with Crippen LogP contribution in [0.5, 0.6) is 5.75 Å². The van der Waals surface area contributed by atoms with Crippen LogP contribution in [0.4, 0.5) is 0 Å². The summed E-state index contributed by atoms with van der Waals surface area (Å²) in [7, 11) is 0. The minimum Gasteiger partial charge on any atom is -0.872 e. The second kappa shape index (κ2) is 2.92. The van der Waals surface area contributed by atoms with Gasteiger partial charge in [-0.25, -0.2) is 4.79 Å². The molecule has 0 spiro atoms. The number of carboxylic acid groups (broad SMARTS) is 1. The zero-order valence-corrected chi connectivity index (χ0v) is 6.96. The van der Waals surface area contributed by atoms with Gasteiger partial charge in [0.15, 0.2) is 0 Å². The average molecular weight is 216 g/mol. The maximum atomic E-state index is 10.9. The van der Waals surface area contributed by atoms with Gasteiger partial charge in [0.1, 0.15) is 0 Å². The van der Waals surface area contributed by atoms with Crippen LogP contribution in [-0.4, -0.2) is 11.1 Å². The number of hydrogen-bond donors (Lipinski definition) is 1. The second-order valence-corrected chi connectivity index (χ2v) is 2.86. The van der Waals surface area contributed by atoms with E-state index in [1.165, 1.54) is 18.2 Å². The fourth-order valence-electron chi connectivity index (χ4n) is 0.673. The summed E-state index contributed by atoms with van der Waals surface area (Å²) in [5.74, 6) is -1.67. The van der Waals surface area contributed by atoms with Crippen molar-refractivity contribution >= 4 is 21.9 Å². The van der Waals surface area contributed by atoms with Crippen LogP contribution in [0.2, 0.25) is 0 Å². The van der Waals surface area contributed by atoms with E-state index in [4.69, 9.17) is 5.11 Å². The summed E-state index contributed by atoms with van der Waals surface area (Å²) in [4.78, 5) is 10.3. The molecule has 0 radical (unpaired) electrons. The first-order valence-corrected chi connectivity index (χ1v) is 3.60. The molecule has 0 heterocycles. The molecule has 1 rings (SSSR count). The van der Waals surface area contributed by atoms with Gasteiger partial charge >= 0.3 is 5.97 Å². The van der Waals surface area contributed by atoms with E-state index >= 15 is 0 Å². The van der Waals surface area contributed by atoms with Crippen molar-refractivity contribution < 1.29 is 15.0 Å². The van der Waals surface area contributed by atoms with Crippen LogP contribution in [0.15, 0.2) is 22.7 Å². The predicted octanol–water partition coefficient (Wildman–Crippen LogP) is 1.22. The minimum absolute atomic E-state index is 0.201. The quantitative estimate of drug-likeness (QED) is 0.767. The van der Waals surface area contributed by atoms with Crippen LogP contribution in [-0.2, 0) is 0 Å². The van der Waals surface area contributed by atoms with Gasteiger partial charge in [0, 0.05) is 4.47 Å². The van der Waals surface area contributed by atoms with Crippen molar-refractivity contribution in [2.24, 2.45) is 0 Å². The highest BCUT2D eigenvalue weighted by molar-refractivity contribution is 9.10. The molecule has 1 aromatic rings. The Labute approximate surface area is 71.4 Å². The molecule has 0 aliphatic rings. The Bertz CT molecular complexity index is 296. The molecule has 0 aliphatic heterocycles. The van der Waals surface area contributed by atoms with Crippen molar-refractivity contribution in [3.8, 4) is 5.75 Å². The molecule has 0 saturated heterocycles. The lowest BCUT2D eigenvalue weighted by Gasteiger charge is -2.08. The number of halogens is 1. The summed E-state index contributed by atoms with van der Waals surface area (Å²) in [6, 6.07) is 4.02. The van der Waals surface area contributed by atoms with E-state index in [1.54, 1.807) is 0 Å². The molecule has 3 nitrogen and oxygen atoms in total. The van der Waals surface area contributed by atoms with E-state index in [9.17, 15) is 9.90 Å². The molecule has 0 aliphatic carbocycles. The van der Waals surface area contributed by atoms with Gasteiger partial charge < -0.3 is 10.2 Å². The number of aromatic carboxylic acids is 1. The zero-order chi connectivity index (χ0) is 8.43. The molecule has 1 N–H and O–H groups in total. The third-order valence-corrected chi connectivity index (χ3v) is 1.67. The lowest BCUT2D eigenvalue weighted by molar-refractivity contribution is -0.268. The summed E-state index contributed by atoms with van der Waals surface area (Å²) in [5.41, 5.74) is -0.201. The zero-order valence-electron chi connectivity index (χ0n) is 5.37. The maximum Gasteiger partial charge on any atom is 0.335 e. The molecule has 4 heteroatoms. The SMILES string of the molecule is O=C(O)c1ccc(Br)cc1[O-]. The van der Waals surface area contributed by atoms with Crippen LogP contribution in [0, 0.1) is 0 Å². The fourth-order valence-corrected chi connectivity index (χ4v) is 1.01. The van der Waals surface area contributed by atoms with Gasteiger partial charge in [0.2, 0.25) is 0 Å². The van der Waals surface area contributed by atoms with E-state index in [0.29, 0.717) is 4.47 Å². The van der Waals surface area contributed by atoms with Crippen molar-refractivity contribution in [1.82, 2.24) is 0 Å². The highest BCUT2D eigenvalue weighted by atomic mass is 79.9. The topological polar surface area (TPSA) is 60.4 Å². The molecule has 0 bridgehead atoms. The van der Waals surface area contributed by atoms with Crippen LogP contribution in [0.1, 0.15) is 10.4 Å². The van der Waals surface area contributed by atoms with E-state index < -0.39 is 11.7 Å².